The fraction of sp³-hybridized carbons (Fsp3) is 0.647. The predicted octanol–water partition coefficient (Wildman–Crippen LogP) is 3.68. The lowest BCUT2D eigenvalue weighted by Gasteiger charge is -2.23. The van der Waals surface area contributed by atoms with Crippen molar-refractivity contribution >= 4 is 18.1 Å². The van der Waals surface area contributed by atoms with Gasteiger partial charge in [0, 0.05) is 11.7 Å². The Hall–Kier alpha value is -0.653. The molecule has 1 aromatic rings. The number of sulfonamides is 1. The van der Waals surface area contributed by atoms with Crippen LogP contribution in [0.5, 0.6) is 0 Å². The Bertz CT molecular complexity index is 614. The van der Waals surface area contributed by atoms with Crippen molar-refractivity contribution < 1.29 is 8.42 Å². The van der Waals surface area contributed by atoms with E-state index in [4.69, 9.17) is 0 Å². The van der Waals surface area contributed by atoms with Crippen LogP contribution < -0.4 is 0 Å². The van der Waals surface area contributed by atoms with Gasteiger partial charge in [0.2, 0.25) is 10.0 Å². The normalized spacial score (nSPS) is 26.0. The number of aryl methyl sites for hydroxylation is 1. The third-order valence-corrected chi connectivity index (χ3v) is 9.61. The van der Waals surface area contributed by atoms with Crippen molar-refractivity contribution in [1.29, 1.82) is 0 Å². The van der Waals surface area contributed by atoms with Gasteiger partial charge in [0.15, 0.2) is 0 Å². The maximum atomic E-state index is 12.8. The van der Waals surface area contributed by atoms with Gasteiger partial charge in [-0.05, 0) is 39.2 Å². The van der Waals surface area contributed by atoms with Crippen molar-refractivity contribution in [2.24, 2.45) is 0 Å². The van der Waals surface area contributed by atoms with Crippen molar-refractivity contribution in [2.45, 2.75) is 69.7 Å². The molecule has 3 nitrogen and oxygen atoms in total. The Morgan fingerprint density at radius 2 is 1.64 bits per heavy atom. The highest BCUT2D eigenvalue weighted by Gasteiger charge is 2.61. The Morgan fingerprint density at radius 3 is 2.09 bits per heavy atom. The van der Waals surface area contributed by atoms with E-state index in [-0.39, 0.29) is 11.7 Å². The molecule has 1 aromatic carbocycles. The van der Waals surface area contributed by atoms with Gasteiger partial charge in [-0.2, -0.15) is 4.31 Å². The molecule has 1 fully saturated rings. The smallest absolute Gasteiger partial charge is 0.212 e. The molecule has 0 aliphatic carbocycles. The molecule has 124 valence electrons. The van der Waals surface area contributed by atoms with Gasteiger partial charge in [-0.25, -0.2) is 8.42 Å². The summed E-state index contributed by atoms with van der Waals surface area (Å²) in [5, 5.41) is 0. The molecule has 0 amide bonds. The predicted molar refractivity (Wildman–Crippen MR) is 96.2 cm³/mol. The highest BCUT2D eigenvalue weighted by molar-refractivity contribution is 7.90. The van der Waals surface area contributed by atoms with Crippen LogP contribution in [0.3, 0.4) is 0 Å². The molecule has 3 unspecified atom stereocenters. The van der Waals surface area contributed by atoms with Crippen molar-refractivity contribution in [1.82, 2.24) is 4.31 Å². The van der Waals surface area contributed by atoms with Gasteiger partial charge < -0.3 is 0 Å². The van der Waals surface area contributed by atoms with Crippen molar-refractivity contribution in [2.75, 3.05) is 0 Å². The number of benzene rings is 1. The average Bonchev–Trinajstić information content (AvgIpc) is 3.11. The molecule has 0 bridgehead atoms. The second-order valence-corrected chi connectivity index (χ2v) is 16.3. The van der Waals surface area contributed by atoms with Crippen molar-refractivity contribution in [3.63, 3.8) is 0 Å². The Labute approximate surface area is 136 Å². The van der Waals surface area contributed by atoms with E-state index in [0.29, 0.717) is 0 Å². The molecule has 1 heterocycles. The van der Waals surface area contributed by atoms with Gasteiger partial charge in [0.05, 0.1) is 12.8 Å². The highest BCUT2D eigenvalue weighted by Crippen LogP contribution is 2.44. The zero-order valence-electron chi connectivity index (χ0n) is 14.6. The van der Waals surface area contributed by atoms with E-state index >= 15 is 0 Å². The Kier molecular flexibility index (Phi) is 4.64. The summed E-state index contributed by atoms with van der Waals surface area (Å²) in [5.41, 5.74) is 1.54. The molecule has 1 saturated heterocycles. The molecular formula is C17H29NO2SSi. The first-order valence-electron chi connectivity index (χ1n) is 8.03. The summed E-state index contributed by atoms with van der Waals surface area (Å²) in [6.45, 7) is 12.2. The largest absolute Gasteiger partial charge is 0.219 e. The first-order chi connectivity index (χ1) is 9.96. The molecule has 0 radical (unpaired) electrons. The number of rotatable bonds is 5. The molecule has 0 spiro atoms. The van der Waals surface area contributed by atoms with Gasteiger partial charge in [0.25, 0.3) is 0 Å². The van der Waals surface area contributed by atoms with Crippen LogP contribution in [0, 0.1) is 0 Å². The number of hydrogen-bond donors (Lipinski definition) is 0. The van der Waals surface area contributed by atoms with E-state index < -0.39 is 22.8 Å². The fourth-order valence-corrected chi connectivity index (χ4v) is 8.52. The van der Waals surface area contributed by atoms with Gasteiger partial charge in [0.1, 0.15) is 0 Å². The maximum Gasteiger partial charge on any atom is 0.219 e. The molecule has 3 atom stereocenters. The summed E-state index contributed by atoms with van der Waals surface area (Å²) >= 11 is 0. The maximum absolute atomic E-state index is 12.8. The highest BCUT2D eigenvalue weighted by atomic mass is 32.2. The van der Waals surface area contributed by atoms with Gasteiger partial charge in [-0.3, -0.25) is 0 Å². The van der Waals surface area contributed by atoms with Crippen LogP contribution in [-0.2, 0) is 16.4 Å². The number of hydrogen-bond acceptors (Lipinski definition) is 2. The summed E-state index contributed by atoms with van der Waals surface area (Å²) in [4.78, 5) is 0. The first kappa shape index (κ1) is 17.7. The van der Waals surface area contributed by atoms with Gasteiger partial charge >= 0.3 is 0 Å². The molecule has 22 heavy (non-hydrogen) atoms. The summed E-state index contributed by atoms with van der Waals surface area (Å²) in [6.07, 6.45) is 1.87. The third kappa shape index (κ3) is 3.47. The second kappa shape index (κ2) is 5.76. The topological polar surface area (TPSA) is 37.1 Å². The molecule has 0 aromatic heterocycles. The van der Waals surface area contributed by atoms with E-state index in [1.807, 2.05) is 22.5 Å². The zero-order chi connectivity index (χ0) is 16.8. The summed E-state index contributed by atoms with van der Waals surface area (Å²) in [5.74, 6) is 0. The third-order valence-electron chi connectivity index (χ3n) is 4.39. The lowest BCUT2D eigenvalue weighted by Crippen LogP contribution is -2.39. The fourth-order valence-electron chi connectivity index (χ4n) is 3.10. The average molecular weight is 340 g/mol. The van der Waals surface area contributed by atoms with Crippen molar-refractivity contribution in [3.05, 3.63) is 35.9 Å². The van der Waals surface area contributed by atoms with Crippen LogP contribution in [0.15, 0.2) is 30.3 Å². The van der Waals surface area contributed by atoms with Crippen LogP contribution in [0.4, 0.5) is 0 Å². The molecular weight excluding hydrogens is 310 g/mol. The minimum absolute atomic E-state index is 0.191. The number of nitrogens with zero attached hydrogens (tertiary/aromatic N) is 1. The van der Waals surface area contributed by atoms with Crippen LogP contribution in [-0.4, -0.2) is 37.3 Å². The quantitative estimate of drug-likeness (QED) is 0.606. The zero-order valence-corrected chi connectivity index (χ0v) is 16.4. The molecule has 0 N–H and O–H groups in total. The molecule has 5 heteroatoms. The first-order valence-corrected chi connectivity index (χ1v) is 13.0. The monoisotopic (exact) mass is 339 g/mol. The van der Waals surface area contributed by atoms with E-state index in [0.717, 1.165) is 12.8 Å². The summed E-state index contributed by atoms with van der Waals surface area (Å²) in [7, 11) is -4.75. The van der Waals surface area contributed by atoms with E-state index in [9.17, 15) is 8.42 Å². The molecule has 2 rings (SSSR count). The molecule has 0 saturated carbocycles. The Morgan fingerprint density at radius 1 is 1.09 bits per heavy atom. The van der Waals surface area contributed by atoms with Crippen molar-refractivity contribution in [3.8, 4) is 0 Å². The lowest BCUT2D eigenvalue weighted by atomic mass is 10.1. The molecule has 1 aliphatic heterocycles. The Balaban J connectivity index is 2.16. The summed E-state index contributed by atoms with van der Waals surface area (Å²) in [6, 6.07) is 10.5. The van der Waals surface area contributed by atoms with Crippen LogP contribution >= 0.6 is 0 Å². The summed E-state index contributed by atoms with van der Waals surface area (Å²) < 4.78 is 26.8. The SMILES string of the molecule is CC(C)(C)S(=O)(=O)N1C(CCc2ccccc2)C1[Si](C)(C)C. The van der Waals surface area contributed by atoms with E-state index in [1.54, 1.807) is 20.8 Å². The second-order valence-electron chi connectivity index (χ2n) is 8.35. The van der Waals surface area contributed by atoms with E-state index in [2.05, 4.69) is 31.8 Å². The molecule has 1 aliphatic rings. The van der Waals surface area contributed by atoms with Crippen LogP contribution in [0.2, 0.25) is 19.6 Å². The van der Waals surface area contributed by atoms with Gasteiger partial charge in [-0.15, -0.1) is 0 Å². The standard InChI is InChI=1S/C17H29NO2SSi/c1-17(2,3)21(19,20)18-15(16(18)22(4,5)6)13-12-14-10-8-7-9-11-14/h7-11,15-16H,12-13H2,1-6H3. The minimum atomic E-state index is -3.22. The van der Waals surface area contributed by atoms with Crippen LogP contribution in [0.25, 0.3) is 0 Å². The van der Waals surface area contributed by atoms with E-state index in [1.165, 1.54) is 5.56 Å². The van der Waals surface area contributed by atoms with Crippen LogP contribution in [0.1, 0.15) is 32.8 Å². The lowest BCUT2D eigenvalue weighted by molar-refractivity contribution is 0.510. The van der Waals surface area contributed by atoms with Gasteiger partial charge in [-0.1, -0.05) is 50.0 Å². The minimum Gasteiger partial charge on any atom is -0.212 e.